The molecular formula is C25H34N4O2. The number of rotatable bonds is 7. The average Bonchev–Trinajstić information content (AvgIpc) is 2.72. The molecule has 0 aromatic heterocycles. The van der Waals surface area contributed by atoms with E-state index in [1.807, 2.05) is 67.6 Å². The first kappa shape index (κ1) is 22.8. The Morgan fingerprint density at radius 3 is 2.13 bits per heavy atom. The van der Waals surface area contributed by atoms with Crippen molar-refractivity contribution in [2.75, 3.05) is 25.0 Å². The van der Waals surface area contributed by atoms with Crippen molar-refractivity contribution in [3.05, 3.63) is 66.2 Å². The zero-order chi connectivity index (χ0) is 22.2. The normalized spacial score (nSPS) is 21.0. The van der Waals surface area contributed by atoms with Crippen LogP contribution in [0.15, 0.2) is 60.7 Å². The molecular weight excluding hydrogens is 388 g/mol. The van der Waals surface area contributed by atoms with Crippen LogP contribution in [-0.2, 0) is 4.79 Å². The molecule has 2 aromatic rings. The third-order valence-electron chi connectivity index (χ3n) is 5.57. The SMILES string of the molecule is CC1CC(C)CN(CC(C)NC(=O)NC(C(=O)Nc2ccccc2)c2ccccc2)C1. The van der Waals surface area contributed by atoms with Crippen molar-refractivity contribution in [1.29, 1.82) is 0 Å². The maximum absolute atomic E-state index is 13.0. The number of carbonyl (C=O) groups is 2. The Bertz CT molecular complexity index is 833. The Balaban J connectivity index is 1.61. The Labute approximate surface area is 185 Å². The maximum Gasteiger partial charge on any atom is 0.315 e. The maximum atomic E-state index is 13.0. The van der Waals surface area contributed by atoms with Gasteiger partial charge in [0.15, 0.2) is 0 Å². The molecule has 0 saturated carbocycles. The van der Waals surface area contributed by atoms with Gasteiger partial charge in [-0.15, -0.1) is 0 Å². The lowest BCUT2D eigenvalue weighted by atomic mass is 9.92. The van der Waals surface area contributed by atoms with E-state index in [4.69, 9.17) is 0 Å². The number of benzene rings is 2. The Morgan fingerprint density at radius 2 is 1.52 bits per heavy atom. The predicted molar refractivity (Wildman–Crippen MR) is 125 cm³/mol. The number of hydrogen-bond acceptors (Lipinski definition) is 3. The van der Waals surface area contributed by atoms with Gasteiger partial charge >= 0.3 is 6.03 Å². The van der Waals surface area contributed by atoms with Crippen LogP contribution < -0.4 is 16.0 Å². The van der Waals surface area contributed by atoms with E-state index >= 15 is 0 Å². The van der Waals surface area contributed by atoms with Crippen molar-refractivity contribution in [2.24, 2.45) is 11.8 Å². The number of likely N-dealkylation sites (tertiary alicyclic amines) is 1. The number of urea groups is 1. The van der Waals surface area contributed by atoms with Crippen molar-refractivity contribution < 1.29 is 9.59 Å². The van der Waals surface area contributed by atoms with Gasteiger partial charge < -0.3 is 20.9 Å². The van der Waals surface area contributed by atoms with Crippen LogP contribution in [0.25, 0.3) is 0 Å². The van der Waals surface area contributed by atoms with Gasteiger partial charge in [0, 0.05) is 31.4 Å². The van der Waals surface area contributed by atoms with E-state index in [1.165, 1.54) is 6.42 Å². The number of piperidine rings is 1. The lowest BCUT2D eigenvalue weighted by Gasteiger charge is -2.36. The molecule has 0 radical (unpaired) electrons. The van der Waals surface area contributed by atoms with E-state index in [0.29, 0.717) is 17.5 Å². The van der Waals surface area contributed by atoms with Crippen molar-refractivity contribution in [1.82, 2.24) is 15.5 Å². The van der Waals surface area contributed by atoms with Crippen LogP contribution in [0.4, 0.5) is 10.5 Å². The molecule has 4 unspecified atom stereocenters. The van der Waals surface area contributed by atoms with E-state index in [0.717, 1.165) is 25.2 Å². The van der Waals surface area contributed by atoms with Crippen LogP contribution >= 0.6 is 0 Å². The van der Waals surface area contributed by atoms with Crippen molar-refractivity contribution in [2.45, 2.75) is 39.3 Å². The van der Waals surface area contributed by atoms with Gasteiger partial charge in [-0.25, -0.2) is 4.79 Å². The molecule has 6 heteroatoms. The lowest BCUT2D eigenvalue weighted by molar-refractivity contribution is -0.118. The Morgan fingerprint density at radius 1 is 0.935 bits per heavy atom. The van der Waals surface area contributed by atoms with Gasteiger partial charge in [0.1, 0.15) is 6.04 Å². The summed E-state index contributed by atoms with van der Waals surface area (Å²) in [5.74, 6) is 1.07. The molecule has 3 rings (SSSR count). The molecule has 0 spiro atoms. The van der Waals surface area contributed by atoms with Crippen molar-refractivity contribution >= 4 is 17.6 Å². The Hall–Kier alpha value is -2.86. The molecule has 3 amide bonds. The zero-order valence-corrected chi connectivity index (χ0v) is 18.7. The van der Waals surface area contributed by atoms with Gasteiger partial charge in [-0.3, -0.25) is 4.79 Å². The molecule has 1 aliphatic rings. The van der Waals surface area contributed by atoms with Gasteiger partial charge in [0.05, 0.1) is 0 Å². The number of nitrogens with zero attached hydrogens (tertiary/aromatic N) is 1. The standard InChI is InChI=1S/C25H34N4O2/c1-18-14-19(2)16-29(15-18)17-20(3)26-25(31)28-23(21-10-6-4-7-11-21)24(30)27-22-12-8-5-9-13-22/h4-13,18-20,23H,14-17H2,1-3H3,(H,27,30)(H2,26,28,31). The Kier molecular flexibility index (Phi) is 8.06. The zero-order valence-electron chi connectivity index (χ0n) is 18.7. The third kappa shape index (κ3) is 7.10. The summed E-state index contributed by atoms with van der Waals surface area (Å²) in [5, 5.41) is 8.75. The molecule has 31 heavy (non-hydrogen) atoms. The fourth-order valence-corrected chi connectivity index (χ4v) is 4.45. The summed E-state index contributed by atoms with van der Waals surface area (Å²) in [6.07, 6.45) is 1.26. The second-order valence-electron chi connectivity index (χ2n) is 8.88. The molecule has 6 nitrogen and oxygen atoms in total. The monoisotopic (exact) mass is 422 g/mol. The van der Waals surface area contributed by atoms with E-state index in [-0.39, 0.29) is 18.0 Å². The van der Waals surface area contributed by atoms with Crippen LogP contribution in [0, 0.1) is 11.8 Å². The largest absolute Gasteiger partial charge is 0.334 e. The first-order valence-electron chi connectivity index (χ1n) is 11.1. The first-order chi connectivity index (χ1) is 14.9. The van der Waals surface area contributed by atoms with Crippen LogP contribution in [-0.4, -0.2) is 42.5 Å². The van der Waals surface area contributed by atoms with Crippen LogP contribution in [0.5, 0.6) is 0 Å². The summed E-state index contributed by atoms with van der Waals surface area (Å²) >= 11 is 0. The molecule has 0 aliphatic carbocycles. The molecule has 0 bridgehead atoms. The van der Waals surface area contributed by atoms with Gasteiger partial charge in [-0.1, -0.05) is 62.4 Å². The summed E-state index contributed by atoms with van der Waals surface area (Å²) < 4.78 is 0. The second kappa shape index (κ2) is 11.0. The molecule has 1 saturated heterocycles. The fourth-order valence-electron chi connectivity index (χ4n) is 4.45. The fraction of sp³-hybridized carbons (Fsp3) is 0.440. The first-order valence-corrected chi connectivity index (χ1v) is 11.1. The summed E-state index contributed by atoms with van der Waals surface area (Å²) in [6.45, 7) is 9.49. The minimum Gasteiger partial charge on any atom is -0.334 e. The van der Waals surface area contributed by atoms with Crippen molar-refractivity contribution in [3.8, 4) is 0 Å². The number of anilines is 1. The van der Waals surface area contributed by atoms with Gasteiger partial charge in [-0.2, -0.15) is 0 Å². The number of hydrogen-bond donors (Lipinski definition) is 3. The predicted octanol–water partition coefficient (Wildman–Crippen LogP) is 4.03. The lowest BCUT2D eigenvalue weighted by Crippen LogP contribution is -2.50. The van der Waals surface area contributed by atoms with Crippen LogP contribution in [0.1, 0.15) is 38.8 Å². The minimum absolute atomic E-state index is 0.0221. The highest BCUT2D eigenvalue weighted by Gasteiger charge is 2.25. The summed E-state index contributed by atoms with van der Waals surface area (Å²) in [6, 6.07) is 17.4. The number of amides is 3. The number of para-hydroxylation sites is 1. The van der Waals surface area contributed by atoms with Gasteiger partial charge in [0.25, 0.3) is 5.91 Å². The highest BCUT2D eigenvalue weighted by Crippen LogP contribution is 2.21. The highest BCUT2D eigenvalue weighted by atomic mass is 16.2. The summed E-state index contributed by atoms with van der Waals surface area (Å²) in [7, 11) is 0. The second-order valence-corrected chi connectivity index (χ2v) is 8.88. The minimum atomic E-state index is -0.788. The molecule has 3 N–H and O–H groups in total. The van der Waals surface area contributed by atoms with E-state index in [1.54, 1.807) is 0 Å². The average molecular weight is 423 g/mol. The van der Waals surface area contributed by atoms with Gasteiger partial charge in [-0.05, 0) is 42.9 Å². The van der Waals surface area contributed by atoms with E-state index < -0.39 is 6.04 Å². The van der Waals surface area contributed by atoms with Gasteiger partial charge in [0.2, 0.25) is 0 Å². The van der Waals surface area contributed by atoms with Crippen LogP contribution in [0.2, 0.25) is 0 Å². The van der Waals surface area contributed by atoms with Crippen LogP contribution in [0.3, 0.4) is 0 Å². The molecule has 166 valence electrons. The number of carbonyl (C=O) groups excluding carboxylic acids is 2. The molecule has 4 atom stereocenters. The quantitative estimate of drug-likeness (QED) is 0.631. The smallest absolute Gasteiger partial charge is 0.315 e. The highest BCUT2D eigenvalue weighted by molar-refractivity contribution is 5.97. The molecule has 1 heterocycles. The summed E-state index contributed by atoms with van der Waals surface area (Å²) in [5.41, 5.74) is 1.43. The summed E-state index contributed by atoms with van der Waals surface area (Å²) in [4.78, 5) is 28.1. The third-order valence-corrected chi connectivity index (χ3v) is 5.57. The molecule has 1 fully saturated rings. The molecule has 1 aliphatic heterocycles. The molecule has 2 aromatic carbocycles. The van der Waals surface area contributed by atoms with E-state index in [2.05, 4.69) is 34.7 Å². The topological polar surface area (TPSA) is 73.5 Å². The number of nitrogens with one attached hydrogen (secondary N) is 3. The van der Waals surface area contributed by atoms with Crippen molar-refractivity contribution in [3.63, 3.8) is 0 Å². The van der Waals surface area contributed by atoms with E-state index in [9.17, 15) is 9.59 Å².